The number of alkyl halides is 3. The normalized spacial score (nSPS) is 12.6. The van der Waals surface area contributed by atoms with Crippen LogP contribution in [0.1, 0.15) is 32.8 Å². The minimum absolute atomic E-state index is 0.136. The summed E-state index contributed by atoms with van der Waals surface area (Å²) in [4.78, 5) is 3.83. The monoisotopic (exact) mass is 266 g/mol. The molecular weight excluding hydrogens is 253 g/mol. The molecule has 0 saturated heterocycles. The van der Waals surface area contributed by atoms with Crippen LogP contribution in [0, 0.1) is 0 Å². The Labute approximate surface area is 103 Å². The van der Waals surface area contributed by atoms with E-state index in [1.165, 1.54) is 0 Å². The van der Waals surface area contributed by atoms with Crippen molar-refractivity contribution in [2.45, 2.75) is 38.9 Å². The summed E-state index contributed by atoms with van der Waals surface area (Å²) in [5, 5.41) is 2.75. The first-order chi connectivity index (χ1) is 7.64. The van der Waals surface area contributed by atoms with Crippen LogP contribution in [-0.2, 0) is 6.18 Å². The Bertz CT molecular complexity index is 402. The highest BCUT2D eigenvalue weighted by Gasteiger charge is 2.32. The van der Waals surface area contributed by atoms with Crippen LogP contribution >= 0.6 is 11.6 Å². The third-order valence-corrected chi connectivity index (χ3v) is 2.67. The molecule has 1 rings (SSSR count). The number of aromatic nitrogens is 1. The molecule has 0 aromatic carbocycles. The smallest absolute Gasteiger partial charge is 0.365 e. The van der Waals surface area contributed by atoms with Crippen LogP contribution in [0.25, 0.3) is 0 Å². The lowest BCUT2D eigenvalue weighted by Crippen LogP contribution is -2.30. The standard InChI is InChI=1S/C11H14ClF3N2/c1-4-10(2,3)17-9-6-7(11(13,14)15)5-8(12)16-9/h5-6H,4H2,1-3H3,(H,16,17). The zero-order valence-electron chi connectivity index (χ0n) is 9.82. The largest absolute Gasteiger partial charge is 0.416 e. The molecule has 1 N–H and O–H groups in total. The Hall–Kier alpha value is -0.970. The molecule has 96 valence electrons. The van der Waals surface area contributed by atoms with Crippen molar-refractivity contribution in [1.29, 1.82) is 0 Å². The quantitative estimate of drug-likeness (QED) is 0.823. The zero-order chi connectivity index (χ0) is 13.3. The molecule has 0 aliphatic carbocycles. The summed E-state index contributed by atoms with van der Waals surface area (Å²) in [6.45, 7) is 5.69. The van der Waals surface area contributed by atoms with Crippen molar-refractivity contribution >= 4 is 17.4 Å². The lowest BCUT2D eigenvalue weighted by molar-refractivity contribution is -0.137. The molecule has 0 amide bonds. The topological polar surface area (TPSA) is 24.9 Å². The second-order valence-corrected chi connectivity index (χ2v) is 4.81. The lowest BCUT2D eigenvalue weighted by atomic mass is 10.0. The molecule has 1 aromatic heterocycles. The van der Waals surface area contributed by atoms with Crippen LogP contribution in [0.5, 0.6) is 0 Å². The number of hydrogen-bond acceptors (Lipinski definition) is 2. The Morgan fingerprint density at radius 2 is 1.88 bits per heavy atom. The zero-order valence-corrected chi connectivity index (χ0v) is 10.6. The van der Waals surface area contributed by atoms with Crippen LogP contribution in [0.4, 0.5) is 19.0 Å². The van der Waals surface area contributed by atoms with Gasteiger partial charge in [0.1, 0.15) is 11.0 Å². The predicted octanol–water partition coefficient (Wildman–Crippen LogP) is 4.35. The van der Waals surface area contributed by atoms with Gasteiger partial charge in [0, 0.05) is 5.54 Å². The van der Waals surface area contributed by atoms with Gasteiger partial charge in [0.15, 0.2) is 0 Å². The van der Waals surface area contributed by atoms with E-state index in [1.807, 2.05) is 20.8 Å². The van der Waals surface area contributed by atoms with Gasteiger partial charge in [0.05, 0.1) is 5.56 Å². The molecule has 0 unspecified atom stereocenters. The maximum atomic E-state index is 12.5. The minimum atomic E-state index is -4.42. The highest BCUT2D eigenvalue weighted by Crippen LogP contribution is 2.32. The van der Waals surface area contributed by atoms with Crippen molar-refractivity contribution in [2.24, 2.45) is 0 Å². The van der Waals surface area contributed by atoms with Crippen LogP contribution < -0.4 is 5.32 Å². The molecule has 0 fully saturated rings. The van der Waals surface area contributed by atoms with Gasteiger partial charge in [0.2, 0.25) is 0 Å². The second-order valence-electron chi connectivity index (χ2n) is 4.42. The van der Waals surface area contributed by atoms with Crippen molar-refractivity contribution in [3.8, 4) is 0 Å². The number of nitrogens with zero attached hydrogens (tertiary/aromatic N) is 1. The number of hydrogen-bond donors (Lipinski definition) is 1. The van der Waals surface area contributed by atoms with Gasteiger partial charge in [-0.25, -0.2) is 4.98 Å². The van der Waals surface area contributed by atoms with Crippen molar-refractivity contribution in [2.75, 3.05) is 5.32 Å². The number of pyridine rings is 1. The van der Waals surface area contributed by atoms with Gasteiger partial charge in [-0.3, -0.25) is 0 Å². The second kappa shape index (κ2) is 4.72. The van der Waals surface area contributed by atoms with Gasteiger partial charge in [-0.2, -0.15) is 13.2 Å². The molecule has 1 aromatic rings. The number of rotatable bonds is 3. The summed E-state index contributed by atoms with van der Waals surface area (Å²) in [5.74, 6) is 0.136. The molecule has 0 aliphatic heterocycles. The fourth-order valence-electron chi connectivity index (χ4n) is 1.16. The first kappa shape index (κ1) is 14.1. The molecule has 0 spiro atoms. The molecule has 0 bridgehead atoms. The van der Waals surface area contributed by atoms with E-state index in [0.29, 0.717) is 0 Å². The molecule has 0 radical (unpaired) electrons. The van der Waals surface area contributed by atoms with E-state index in [1.54, 1.807) is 0 Å². The average molecular weight is 267 g/mol. The molecule has 1 heterocycles. The van der Waals surface area contributed by atoms with E-state index >= 15 is 0 Å². The summed E-state index contributed by atoms with van der Waals surface area (Å²) in [6.07, 6.45) is -3.66. The Kier molecular flexibility index (Phi) is 3.91. The Morgan fingerprint density at radius 1 is 1.29 bits per heavy atom. The fraction of sp³-hybridized carbons (Fsp3) is 0.545. The van der Waals surface area contributed by atoms with Crippen molar-refractivity contribution in [3.05, 3.63) is 22.8 Å². The van der Waals surface area contributed by atoms with E-state index in [-0.39, 0.29) is 16.5 Å². The summed E-state index contributed by atoms with van der Waals surface area (Å²) in [5.41, 5.74) is -1.13. The van der Waals surface area contributed by atoms with Crippen molar-refractivity contribution in [1.82, 2.24) is 4.98 Å². The molecule has 0 saturated carbocycles. The fourth-order valence-corrected chi connectivity index (χ4v) is 1.37. The lowest BCUT2D eigenvalue weighted by Gasteiger charge is -2.25. The van der Waals surface area contributed by atoms with E-state index in [9.17, 15) is 13.2 Å². The summed E-state index contributed by atoms with van der Waals surface area (Å²) in [6, 6.07) is 1.77. The average Bonchev–Trinajstić information content (AvgIpc) is 2.14. The van der Waals surface area contributed by atoms with E-state index in [4.69, 9.17) is 11.6 Å². The van der Waals surface area contributed by atoms with Crippen LogP contribution in [0.3, 0.4) is 0 Å². The summed E-state index contributed by atoms with van der Waals surface area (Å²) < 4.78 is 37.6. The van der Waals surface area contributed by atoms with E-state index < -0.39 is 11.7 Å². The van der Waals surface area contributed by atoms with Gasteiger partial charge < -0.3 is 5.32 Å². The predicted molar refractivity (Wildman–Crippen MR) is 62.2 cm³/mol. The highest BCUT2D eigenvalue weighted by atomic mass is 35.5. The molecule has 17 heavy (non-hydrogen) atoms. The highest BCUT2D eigenvalue weighted by molar-refractivity contribution is 6.29. The molecule has 0 aliphatic rings. The van der Waals surface area contributed by atoms with E-state index in [0.717, 1.165) is 18.6 Å². The third-order valence-electron chi connectivity index (χ3n) is 2.47. The van der Waals surface area contributed by atoms with Gasteiger partial charge >= 0.3 is 6.18 Å². The third kappa shape index (κ3) is 4.07. The first-order valence-electron chi connectivity index (χ1n) is 5.17. The summed E-state index contributed by atoms with van der Waals surface area (Å²) >= 11 is 5.58. The molecule has 0 atom stereocenters. The van der Waals surface area contributed by atoms with E-state index in [2.05, 4.69) is 10.3 Å². The van der Waals surface area contributed by atoms with Crippen LogP contribution in [-0.4, -0.2) is 10.5 Å². The maximum Gasteiger partial charge on any atom is 0.416 e. The SMILES string of the molecule is CCC(C)(C)Nc1cc(C(F)(F)F)cc(Cl)n1. The Morgan fingerprint density at radius 3 is 2.35 bits per heavy atom. The molecular formula is C11H14ClF3N2. The first-order valence-corrected chi connectivity index (χ1v) is 5.55. The maximum absolute atomic E-state index is 12.5. The number of anilines is 1. The van der Waals surface area contributed by atoms with Gasteiger partial charge in [-0.1, -0.05) is 18.5 Å². The number of nitrogens with one attached hydrogen (secondary N) is 1. The van der Waals surface area contributed by atoms with Crippen LogP contribution in [0.2, 0.25) is 5.15 Å². The van der Waals surface area contributed by atoms with Crippen LogP contribution in [0.15, 0.2) is 12.1 Å². The van der Waals surface area contributed by atoms with Crippen molar-refractivity contribution < 1.29 is 13.2 Å². The summed E-state index contributed by atoms with van der Waals surface area (Å²) in [7, 11) is 0. The van der Waals surface area contributed by atoms with Gasteiger partial charge in [0.25, 0.3) is 0 Å². The van der Waals surface area contributed by atoms with Crippen molar-refractivity contribution in [3.63, 3.8) is 0 Å². The van der Waals surface area contributed by atoms with Gasteiger partial charge in [-0.05, 0) is 32.4 Å². The molecule has 2 nitrogen and oxygen atoms in total. The molecule has 6 heteroatoms. The number of halogens is 4. The Balaban J connectivity index is 3.06. The minimum Gasteiger partial charge on any atom is -0.365 e. The van der Waals surface area contributed by atoms with Gasteiger partial charge in [-0.15, -0.1) is 0 Å².